The molecule has 0 spiro atoms. The Morgan fingerprint density at radius 3 is 2.69 bits per heavy atom. The van der Waals surface area contributed by atoms with Crippen molar-refractivity contribution in [1.29, 1.82) is 0 Å². The molecule has 0 unspecified atom stereocenters. The van der Waals surface area contributed by atoms with E-state index in [0.29, 0.717) is 18.0 Å². The first kappa shape index (κ1) is 20.7. The van der Waals surface area contributed by atoms with Crippen molar-refractivity contribution in [3.63, 3.8) is 0 Å². The lowest BCUT2D eigenvalue weighted by Gasteiger charge is -2.12. The molecule has 0 radical (unpaired) electrons. The first-order valence-electron chi connectivity index (χ1n) is 8.30. The fourth-order valence-electron chi connectivity index (χ4n) is 2.72. The number of hydrogen-bond donors (Lipinski definition) is 1. The molecule has 1 N–H and O–H groups in total. The molecule has 2 heterocycles. The monoisotopic (exact) mass is 437 g/mol. The van der Waals surface area contributed by atoms with Gasteiger partial charge in [0.05, 0.1) is 39.8 Å². The number of sulfonamides is 1. The van der Waals surface area contributed by atoms with Crippen molar-refractivity contribution in [1.82, 2.24) is 9.78 Å². The molecular weight excluding hydrogens is 418 g/mol. The van der Waals surface area contributed by atoms with Crippen LogP contribution in [-0.2, 0) is 21.3 Å². The number of ether oxygens (including phenoxy) is 3. The van der Waals surface area contributed by atoms with Gasteiger partial charge in [0.25, 0.3) is 10.0 Å². The summed E-state index contributed by atoms with van der Waals surface area (Å²) in [7, 11) is 0.316. The van der Waals surface area contributed by atoms with Crippen LogP contribution in [0.25, 0.3) is 0 Å². The Bertz CT molecular complexity index is 1120. The number of para-hydroxylation sites is 1. The lowest BCUT2D eigenvalue weighted by molar-refractivity contribution is 0.0602. The molecule has 0 aliphatic heterocycles. The van der Waals surface area contributed by atoms with E-state index >= 15 is 0 Å². The molecular formula is C18H19N3O6S2. The number of rotatable bonds is 8. The highest BCUT2D eigenvalue weighted by Crippen LogP contribution is 2.31. The summed E-state index contributed by atoms with van der Waals surface area (Å²) >= 11 is 0.994. The first-order valence-corrected chi connectivity index (χ1v) is 10.7. The number of thiophene rings is 1. The van der Waals surface area contributed by atoms with E-state index in [1.165, 1.54) is 24.8 Å². The van der Waals surface area contributed by atoms with Crippen LogP contribution in [0, 0.1) is 0 Å². The van der Waals surface area contributed by atoms with Crippen molar-refractivity contribution in [3.8, 4) is 11.5 Å². The minimum Gasteiger partial charge on any atom is -0.493 e. The maximum atomic E-state index is 12.7. The number of methoxy groups -OCH3 is 3. The first-order chi connectivity index (χ1) is 13.9. The maximum absolute atomic E-state index is 12.7. The van der Waals surface area contributed by atoms with Crippen molar-refractivity contribution < 1.29 is 27.4 Å². The fraction of sp³-hybridized carbons (Fsp3) is 0.222. The van der Waals surface area contributed by atoms with Crippen molar-refractivity contribution in [2.75, 3.05) is 26.1 Å². The quantitative estimate of drug-likeness (QED) is 0.540. The van der Waals surface area contributed by atoms with Gasteiger partial charge in [-0.3, -0.25) is 9.40 Å². The Balaban J connectivity index is 1.81. The topological polar surface area (TPSA) is 109 Å². The van der Waals surface area contributed by atoms with Crippen molar-refractivity contribution in [2.45, 2.75) is 11.4 Å². The number of hydrogen-bond acceptors (Lipinski definition) is 8. The molecule has 0 saturated carbocycles. The number of nitrogens with one attached hydrogen (secondary N) is 1. The highest BCUT2D eigenvalue weighted by Gasteiger charge is 2.25. The summed E-state index contributed by atoms with van der Waals surface area (Å²) in [5.74, 6) is 0.459. The fourth-order valence-corrected chi connectivity index (χ4v) is 5.08. The van der Waals surface area contributed by atoms with E-state index in [2.05, 4.69) is 14.6 Å². The number of carbonyl (C=O) groups excluding carboxylic acids is 1. The van der Waals surface area contributed by atoms with Crippen LogP contribution >= 0.6 is 11.3 Å². The molecule has 1 aromatic carbocycles. The zero-order chi connectivity index (χ0) is 21.0. The normalized spacial score (nSPS) is 11.1. The second-order valence-corrected chi connectivity index (χ2v) is 8.36. The minimum absolute atomic E-state index is 0.00788. The van der Waals surface area contributed by atoms with E-state index < -0.39 is 16.0 Å². The molecule has 9 nitrogen and oxygen atoms in total. The average molecular weight is 437 g/mol. The van der Waals surface area contributed by atoms with Crippen LogP contribution in [0.5, 0.6) is 11.5 Å². The van der Waals surface area contributed by atoms with Gasteiger partial charge in [0, 0.05) is 11.8 Å². The van der Waals surface area contributed by atoms with Crippen LogP contribution in [0.3, 0.4) is 0 Å². The molecule has 154 valence electrons. The number of anilines is 1. The number of carbonyl (C=O) groups is 1. The predicted octanol–water partition coefficient (Wildman–Crippen LogP) is 2.60. The molecule has 0 aliphatic carbocycles. The number of nitrogens with zero attached hydrogens (tertiary/aromatic N) is 2. The van der Waals surface area contributed by atoms with Gasteiger partial charge >= 0.3 is 5.97 Å². The minimum atomic E-state index is -3.98. The zero-order valence-electron chi connectivity index (χ0n) is 15.9. The lowest BCUT2D eigenvalue weighted by atomic mass is 10.2. The molecule has 3 aromatic rings. The third-order valence-corrected chi connectivity index (χ3v) is 6.44. The van der Waals surface area contributed by atoms with Gasteiger partial charge in [0.1, 0.15) is 9.77 Å². The van der Waals surface area contributed by atoms with Gasteiger partial charge in [-0.25, -0.2) is 13.2 Å². The Labute approximate surface area is 171 Å². The van der Waals surface area contributed by atoms with E-state index in [-0.39, 0.29) is 15.5 Å². The molecule has 0 saturated heterocycles. The van der Waals surface area contributed by atoms with Crippen molar-refractivity contribution in [2.24, 2.45) is 0 Å². The molecule has 29 heavy (non-hydrogen) atoms. The zero-order valence-corrected chi connectivity index (χ0v) is 17.5. The number of esters is 1. The van der Waals surface area contributed by atoms with Gasteiger partial charge in [-0.05, 0) is 17.5 Å². The highest BCUT2D eigenvalue weighted by atomic mass is 32.2. The Hall–Kier alpha value is -3.05. The Kier molecular flexibility index (Phi) is 6.09. The third kappa shape index (κ3) is 4.35. The summed E-state index contributed by atoms with van der Waals surface area (Å²) in [4.78, 5) is 11.6. The molecule has 0 atom stereocenters. The molecule has 0 amide bonds. The SMILES string of the molecule is COC(=O)c1sccc1S(=O)(=O)Nc1cnn(Cc2cccc(OC)c2OC)c1. The van der Waals surface area contributed by atoms with Gasteiger partial charge in [0.15, 0.2) is 11.5 Å². The van der Waals surface area contributed by atoms with Gasteiger partial charge < -0.3 is 14.2 Å². The summed E-state index contributed by atoms with van der Waals surface area (Å²) in [6.45, 7) is 0.341. The molecule has 11 heteroatoms. The average Bonchev–Trinajstić information content (AvgIpc) is 3.37. The standard InChI is InChI=1S/C18H19N3O6S2/c1-25-14-6-4-5-12(16(14)26-2)10-21-11-13(9-19-21)20-29(23,24)15-7-8-28-17(15)18(22)27-3/h4-9,11,20H,10H2,1-3H3. The maximum Gasteiger partial charge on any atom is 0.349 e. The summed E-state index contributed by atoms with van der Waals surface area (Å²) in [5.41, 5.74) is 1.07. The summed E-state index contributed by atoms with van der Waals surface area (Å²) < 4.78 is 44.6. The van der Waals surface area contributed by atoms with Crippen LogP contribution in [0.2, 0.25) is 0 Å². The predicted molar refractivity (Wildman–Crippen MR) is 107 cm³/mol. The molecule has 0 fully saturated rings. The van der Waals surface area contributed by atoms with Crippen LogP contribution in [0.1, 0.15) is 15.2 Å². The second-order valence-electron chi connectivity index (χ2n) is 5.79. The molecule has 0 aliphatic rings. The smallest absolute Gasteiger partial charge is 0.349 e. The number of benzene rings is 1. The number of aromatic nitrogens is 2. The summed E-state index contributed by atoms with van der Waals surface area (Å²) in [6, 6.07) is 6.82. The van der Waals surface area contributed by atoms with Gasteiger partial charge in [-0.2, -0.15) is 5.10 Å². The van der Waals surface area contributed by atoms with Crippen LogP contribution in [0.4, 0.5) is 5.69 Å². The highest BCUT2D eigenvalue weighted by molar-refractivity contribution is 7.93. The molecule has 3 rings (SSSR count). The van der Waals surface area contributed by atoms with Crippen molar-refractivity contribution >= 4 is 33.0 Å². The summed E-state index contributed by atoms with van der Waals surface area (Å²) in [5, 5.41) is 5.70. The summed E-state index contributed by atoms with van der Waals surface area (Å²) in [6.07, 6.45) is 2.93. The van der Waals surface area contributed by atoms with Crippen LogP contribution in [-0.4, -0.2) is 45.5 Å². The largest absolute Gasteiger partial charge is 0.493 e. The molecule has 0 bridgehead atoms. The van der Waals surface area contributed by atoms with E-state index in [1.54, 1.807) is 31.2 Å². The van der Waals surface area contributed by atoms with Crippen LogP contribution < -0.4 is 14.2 Å². The second kappa shape index (κ2) is 8.53. The van der Waals surface area contributed by atoms with Gasteiger partial charge in [-0.15, -0.1) is 11.3 Å². The van der Waals surface area contributed by atoms with Gasteiger partial charge in [0.2, 0.25) is 0 Å². The van der Waals surface area contributed by atoms with E-state index in [4.69, 9.17) is 9.47 Å². The van der Waals surface area contributed by atoms with E-state index in [1.807, 2.05) is 12.1 Å². The van der Waals surface area contributed by atoms with Gasteiger partial charge in [-0.1, -0.05) is 12.1 Å². The van der Waals surface area contributed by atoms with Crippen LogP contribution in [0.15, 0.2) is 46.9 Å². The Morgan fingerprint density at radius 2 is 2.00 bits per heavy atom. The van der Waals surface area contributed by atoms with E-state index in [9.17, 15) is 13.2 Å². The lowest BCUT2D eigenvalue weighted by Crippen LogP contribution is -2.15. The molecule has 2 aromatic heterocycles. The van der Waals surface area contributed by atoms with Crippen molar-refractivity contribution in [3.05, 3.63) is 52.5 Å². The van der Waals surface area contributed by atoms with E-state index in [0.717, 1.165) is 16.9 Å². The third-order valence-electron chi connectivity index (χ3n) is 3.99. The Morgan fingerprint density at radius 1 is 1.21 bits per heavy atom.